The molecule has 0 radical (unpaired) electrons. The lowest BCUT2D eigenvalue weighted by Crippen LogP contribution is -2.08. The molecule has 0 saturated heterocycles. The molecule has 35 heavy (non-hydrogen) atoms. The molecule has 1 aromatic carbocycles. The highest BCUT2D eigenvalue weighted by Gasteiger charge is 2.21. The van der Waals surface area contributed by atoms with E-state index in [2.05, 4.69) is 19.4 Å². The van der Waals surface area contributed by atoms with Crippen molar-refractivity contribution in [3.05, 3.63) is 61.7 Å². The van der Waals surface area contributed by atoms with Gasteiger partial charge in [-0.2, -0.15) is 0 Å². The summed E-state index contributed by atoms with van der Waals surface area (Å²) in [6, 6.07) is 5.55. The quantitative estimate of drug-likeness (QED) is 0.317. The second kappa shape index (κ2) is 12.1. The number of carbonyl (C=O) groups excluding carboxylic acids is 2. The van der Waals surface area contributed by atoms with Gasteiger partial charge in [-0.1, -0.05) is 46.4 Å². The number of anilines is 2. The van der Waals surface area contributed by atoms with Crippen LogP contribution in [0, 0.1) is 5.82 Å². The predicted molar refractivity (Wildman–Crippen MR) is 132 cm³/mol. The minimum atomic E-state index is -0.778. The summed E-state index contributed by atoms with van der Waals surface area (Å²) in [7, 11) is 3.68. The van der Waals surface area contributed by atoms with E-state index in [1.165, 1.54) is 45.6 Å². The first-order chi connectivity index (χ1) is 16.5. The van der Waals surface area contributed by atoms with Crippen LogP contribution in [0.2, 0.25) is 20.2 Å². The maximum absolute atomic E-state index is 14.4. The van der Waals surface area contributed by atoms with Crippen molar-refractivity contribution >= 4 is 69.7 Å². The third-order valence-electron chi connectivity index (χ3n) is 4.23. The zero-order valence-electron chi connectivity index (χ0n) is 18.3. The Hall–Kier alpha value is -3.05. The zero-order chi connectivity index (χ0) is 26.4. The second-order valence-corrected chi connectivity index (χ2v) is 7.93. The van der Waals surface area contributed by atoms with E-state index in [0.717, 1.165) is 0 Å². The lowest BCUT2D eigenvalue weighted by atomic mass is 10.1. The molecule has 14 heteroatoms. The number of aromatic nitrogens is 2. The van der Waals surface area contributed by atoms with Crippen molar-refractivity contribution in [3.8, 4) is 17.0 Å². The fourth-order valence-electron chi connectivity index (χ4n) is 2.58. The number of hydrogen-bond donors (Lipinski definition) is 2. The molecule has 0 aliphatic carbocycles. The molecule has 9 nitrogen and oxygen atoms in total. The highest BCUT2D eigenvalue weighted by molar-refractivity contribution is 6.37. The van der Waals surface area contributed by atoms with Gasteiger partial charge in [0.05, 0.1) is 53.5 Å². The van der Waals surface area contributed by atoms with Crippen LogP contribution in [0.15, 0.2) is 24.3 Å². The molecule has 4 N–H and O–H groups in total. The Balaban J connectivity index is 0.000000283. The van der Waals surface area contributed by atoms with Gasteiger partial charge in [0, 0.05) is 5.56 Å². The number of nitrogens with zero attached hydrogens (tertiary/aromatic N) is 2. The van der Waals surface area contributed by atoms with Crippen LogP contribution in [0.25, 0.3) is 11.3 Å². The molecule has 3 aromatic rings. The normalized spacial score (nSPS) is 10.2. The lowest BCUT2D eigenvalue weighted by Gasteiger charge is -2.11. The summed E-state index contributed by atoms with van der Waals surface area (Å²) in [5, 5.41) is 0.203. The van der Waals surface area contributed by atoms with Crippen LogP contribution in [0.1, 0.15) is 21.0 Å². The van der Waals surface area contributed by atoms with Gasteiger partial charge in [-0.3, -0.25) is 0 Å². The lowest BCUT2D eigenvalue weighted by molar-refractivity contribution is 0.0585. The van der Waals surface area contributed by atoms with Crippen molar-refractivity contribution in [1.82, 2.24) is 9.97 Å². The molecule has 2 aromatic heterocycles. The van der Waals surface area contributed by atoms with Crippen LogP contribution < -0.4 is 16.2 Å². The molecule has 0 bridgehead atoms. The van der Waals surface area contributed by atoms with Gasteiger partial charge in [0.15, 0.2) is 23.0 Å². The van der Waals surface area contributed by atoms with Crippen LogP contribution in [-0.2, 0) is 9.47 Å². The molecule has 0 fully saturated rings. The van der Waals surface area contributed by atoms with E-state index in [9.17, 15) is 14.0 Å². The van der Waals surface area contributed by atoms with Crippen LogP contribution in [0.4, 0.5) is 15.8 Å². The average Bonchev–Trinajstić information content (AvgIpc) is 2.82. The minimum absolute atomic E-state index is 0.0521. The van der Waals surface area contributed by atoms with Gasteiger partial charge in [0.2, 0.25) is 0 Å². The third kappa shape index (κ3) is 6.34. The third-order valence-corrected chi connectivity index (χ3v) is 5.51. The van der Waals surface area contributed by atoms with Crippen molar-refractivity contribution in [1.29, 1.82) is 0 Å². The first kappa shape index (κ1) is 28.2. The number of ether oxygens (including phenoxy) is 3. The van der Waals surface area contributed by atoms with E-state index in [4.69, 9.17) is 62.6 Å². The van der Waals surface area contributed by atoms with E-state index < -0.39 is 17.8 Å². The summed E-state index contributed by atoms with van der Waals surface area (Å²) in [5.41, 5.74) is 11.4. The topological polar surface area (TPSA) is 140 Å². The Labute approximate surface area is 219 Å². The van der Waals surface area contributed by atoms with Gasteiger partial charge in [-0.15, -0.1) is 0 Å². The van der Waals surface area contributed by atoms with Crippen molar-refractivity contribution in [3.63, 3.8) is 0 Å². The largest absolute Gasteiger partial charge is 0.492 e. The smallest absolute Gasteiger partial charge is 0.358 e. The maximum atomic E-state index is 14.4. The van der Waals surface area contributed by atoms with Crippen LogP contribution in [0.3, 0.4) is 0 Å². The van der Waals surface area contributed by atoms with Gasteiger partial charge in [0.25, 0.3) is 0 Å². The van der Waals surface area contributed by atoms with Crippen molar-refractivity contribution in [2.45, 2.75) is 0 Å². The van der Waals surface area contributed by atoms with Crippen molar-refractivity contribution < 1.29 is 28.2 Å². The highest BCUT2D eigenvalue weighted by Crippen LogP contribution is 2.36. The Morgan fingerprint density at radius 1 is 0.857 bits per heavy atom. The molecule has 3 rings (SSSR count). The van der Waals surface area contributed by atoms with Crippen LogP contribution in [0.5, 0.6) is 5.75 Å². The zero-order valence-corrected chi connectivity index (χ0v) is 21.3. The minimum Gasteiger partial charge on any atom is -0.492 e. The molecular weight excluding hydrogens is 549 g/mol. The number of carbonyl (C=O) groups is 2. The van der Waals surface area contributed by atoms with Gasteiger partial charge in [-0.05, 0) is 24.3 Å². The van der Waals surface area contributed by atoms with Crippen molar-refractivity contribution in [2.24, 2.45) is 0 Å². The van der Waals surface area contributed by atoms with Crippen LogP contribution in [-0.4, -0.2) is 43.2 Å². The number of rotatable bonds is 4. The fraction of sp³-hybridized carbons (Fsp3) is 0.143. The number of nitrogens with two attached hydrogens (primary N) is 2. The van der Waals surface area contributed by atoms with E-state index >= 15 is 0 Å². The highest BCUT2D eigenvalue weighted by atomic mass is 35.5. The number of methoxy groups -OCH3 is 3. The molecule has 0 saturated carbocycles. The number of benzene rings is 1. The predicted octanol–water partition coefficient (Wildman–Crippen LogP) is 5.33. The monoisotopic (exact) mass is 564 g/mol. The van der Waals surface area contributed by atoms with Gasteiger partial charge < -0.3 is 25.7 Å². The number of nitrogen functional groups attached to an aromatic ring is 2. The Kier molecular flexibility index (Phi) is 9.73. The molecule has 2 heterocycles. The summed E-state index contributed by atoms with van der Waals surface area (Å²) in [4.78, 5) is 30.4. The fourth-order valence-corrected chi connectivity index (χ4v) is 3.36. The number of esters is 2. The number of hydrogen-bond acceptors (Lipinski definition) is 9. The first-order valence-corrected chi connectivity index (χ1v) is 10.7. The molecule has 0 amide bonds. The first-order valence-electron chi connectivity index (χ1n) is 9.23. The maximum Gasteiger partial charge on any atom is 0.358 e. The number of pyridine rings is 2. The van der Waals surface area contributed by atoms with Gasteiger partial charge >= 0.3 is 11.9 Å². The molecule has 186 valence electrons. The summed E-state index contributed by atoms with van der Waals surface area (Å²) in [6.45, 7) is 0. The molecule has 0 unspecified atom stereocenters. The Morgan fingerprint density at radius 2 is 1.37 bits per heavy atom. The van der Waals surface area contributed by atoms with E-state index in [0.29, 0.717) is 0 Å². The summed E-state index contributed by atoms with van der Waals surface area (Å²) < 4.78 is 28.3. The van der Waals surface area contributed by atoms with E-state index in [1.54, 1.807) is 0 Å². The Bertz CT molecular complexity index is 1290. The van der Waals surface area contributed by atoms with E-state index in [-0.39, 0.29) is 60.0 Å². The molecule has 0 spiro atoms. The average molecular weight is 566 g/mol. The van der Waals surface area contributed by atoms with Gasteiger partial charge in [-0.25, -0.2) is 23.9 Å². The van der Waals surface area contributed by atoms with E-state index in [1.807, 2.05) is 0 Å². The SMILES string of the molecule is COC(=O)c1nc(-c2ccc(Cl)c(OC)c2F)cc(N)c1Cl.COC(=O)c1nc(Cl)cc(N)c1Cl. The summed E-state index contributed by atoms with van der Waals surface area (Å²) in [6.07, 6.45) is 0. The summed E-state index contributed by atoms with van der Waals surface area (Å²) in [5.74, 6) is -2.30. The summed E-state index contributed by atoms with van der Waals surface area (Å²) >= 11 is 23.0. The molecular formula is C21H17Cl4FN4O5. The Morgan fingerprint density at radius 3 is 1.89 bits per heavy atom. The molecule has 0 aliphatic rings. The number of halogens is 5. The van der Waals surface area contributed by atoms with Crippen LogP contribution >= 0.6 is 46.4 Å². The molecule has 0 atom stereocenters. The van der Waals surface area contributed by atoms with Crippen molar-refractivity contribution in [2.75, 3.05) is 32.8 Å². The molecule has 0 aliphatic heterocycles. The second-order valence-electron chi connectivity index (χ2n) is 6.38. The standard InChI is InChI=1S/C14H11Cl2FN2O3.C7H6Cl2N2O2/c1-21-13-7(15)4-3-6(11(13)17)9-5-8(18)10(16)12(19-9)14(20)22-2;1-13-7(12)6-5(9)3(10)2-4(8)11-6/h3-5H,1-2H3,(H2,18,19);2H,1H3,(H2,10,11). The van der Waals surface area contributed by atoms with Gasteiger partial charge in [0.1, 0.15) is 5.15 Å².